The third-order valence-corrected chi connectivity index (χ3v) is 5.06. The molecule has 3 aromatic rings. The van der Waals surface area contributed by atoms with Crippen LogP contribution in [0.1, 0.15) is 35.8 Å². The fourth-order valence-electron chi connectivity index (χ4n) is 3.35. The van der Waals surface area contributed by atoms with Crippen LogP contribution in [0, 0.1) is 17.6 Å². The van der Waals surface area contributed by atoms with Gasteiger partial charge in [-0.2, -0.15) is 0 Å². The van der Waals surface area contributed by atoms with E-state index in [0.717, 1.165) is 12.3 Å². The molecular formula is C22H22F2N2O4. The highest BCUT2D eigenvalue weighted by Gasteiger charge is 2.22. The Kier molecular flexibility index (Phi) is 6.17. The van der Waals surface area contributed by atoms with E-state index in [1.165, 1.54) is 22.8 Å². The summed E-state index contributed by atoms with van der Waals surface area (Å²) in [7, 11) is 0. The van der Waals surface area contributed by atoms with Crippen LogP contribution >= 0.6 is 0 Å². The number of aliphatic hydroxyl groups is 1. The van der Waals surface area contributed by atoms with Crippen LogP contribution < -0.4 is 10.7 Å². The lowest BCUT2D eigenvalue weighted by Crippen LogP contribution is -2.25. The number of carboxylic acids is 1. The monoisotopic (exact) mass is 416 g/mol. The largest absolute Gasteiger partial charge is 0.477 e. The highest BCUT2D eigenvalue weighted by atomic mass is 19.1. The normalized spacial score (nSPS) is 12.3. The molecule has 1 atom stereocenters. The first-order valence-electron chi connectivity index (χ1n) is 9.43. The number of benzene rings is 2. The van der Waals surface area contributed by atoms with Crippen LogP contribution in [-0.4, -0.2) is 27.4 Å². The molecule has 0 amide bonds. The van der Waals surface area contributed by atoms with Crippen LogP contribution in [-0.2, 0) is 6.54 Å². The number of nitrogens with one attached hydrogen (secondary N) is 1. The van der Waals surface area contributed by atoms with Crippen LogP contribution in [0.15, 0.2) is 47.4 Å². The van der Waals surface area contributed by atoms with E-state index in [4.69, 9.17) is 0 Å². The van der Waals surface area contributed by atoms with Crippen molar-refractivity contribution in [1.29, 1.82) is 0 Å². The molecule has 8 heteroatoms. The van der Waals surface area contributed by atoms with Crippen molar-refractivity contribution in [2.24, 2.45) is 5.92 Å². The van der Waals surface area contributed by atoms with Gasteiger partial charge in [0.15, 0.2) is 0 Å². The highest BCUT2D eigenvalue weighted by molar-refractivity contribution is 5.93. The van der Waals surface area contributed by atoms with E-state index in [2.05, 4.69) is 5.32 Å². The molecule has 2 aromatic carbocycles. The number of hydrogen-bond donors (Lipinski definition) is 3. The van der Waals surface area contributed by atoms with Crippen LogP contribution in [0.3, 0.4) is 0 Å². The fourth-order valence-corrected chi connectivity index (χ4v) is 3.35. The smallest absolute Gasteiger partial charge is 0.341 e. The summed E-state index contributed by atoms with van der Waals surface area (Å²) in [6.07, 6.45) is 1.15. The van der Waals surface area contributed by atoms with E-state index in [1.54, 1.807) is 12.1 Å². The number of nitrogens with zero attached hydrogens (tertiary/aromatic N) is 1. The predicted octanol–water partition coefficient (Wildman–Crippen LogP) is 3.78. The van der Waals surface area contributed by atoms with Gasteiger partial charge in [0, 0.05) is 24.2 Å². The number of anilines is 1. The molecule has 3 N–H and O–H groups in total. The number of carboxylic acid groups (broad SMARTS) is 1. The van der Waals surface area contributed by atoms with Gasteiger partial charge in [0.2, 0.25) is 5.43 Å². The van der Waals surface area contributed by atoms with Gasteiger partial charge in [0.05, 0.1) is 23.9 Å². The molecule has 0 saturated heterocycles. The summed E-state index contributed by atoms with van der Waals surface area (Å²) in [6.45, 7) is 3.54. The number of halogens is 2. The van der Waals surface area contributed by atoms with Crippen LogP contribution in [0.5, 0.6) is 0 Å². The summed E-state index contributed by atoms with van der Waals surface area (Å²) in [5.41, 5.74) is -0.282. The lowest BCUT2D eigenvalue weighted by atomic mass is 10.0. The zero-order chi connectivity index (χ0) is 22.0. The lowest BCUT2D eigenvalue weighted by Gasteiger charge is -2.25. The molecule has 0 fully saturated rings. The number of aliphatic hydroxyl groups excluding tert-OH is 1. The summed E-state index contributed by atoms with van der Waals surface area (Å²) >= 11 is 0. The number of hydrogen-bond acceptors (Lipinski definition) is 4. The van der Waals surface area contributed by atoms with Gasteiger partial charge in [0.1, 0.15) is 17.2 Å². The minimum Gasteiger partial charge on any atom is -0.477 e. The Labute approximate surface area is 171 Å². The maximum Gasteiger partial charge on any atom is 0.341 e. The Bertz CT molecular complexity index is 1140. The average Bonchev–Trinajstić information content (AvgIpc) is 2.69. The van der Waals surface area contributed by atoms with Gasteiger partial charge in [-0.3, -0.25) is 4.79 Å². The number of aromatic carboxylic acids is 1. The summed E-state index contributed by atoms with van der Waals surface area (Å²) in [5, 5.41) is 22.1. The van der Waals surface area contributed by atoms with Gasteiger partial charge in [-0.25, -0.2) is 13.6 Å². The van der Waals surface area contributed by atoms with Crippen molar-refractivity contribution in [3.63, 3.8) is 0 Å². The second-order valence-electron chi connectivity index (χ2n) is 7.41. The molecule has 0 aliphatic heterocycles. The molecule has 3 rings (SSSR count). The average molecular weight is 416 g/mol. The fraction of sp³-hybridized carbons (Fsp3) is 0.273. The first-order valence-corrected chi connectivity index (χ1v) is 9.43. The van der Waals surface area contributed by atoms with E-state index in [9.17, 15) is 28.6 Å². The van der Waals surface area contributed by atoms with Gasteiger partial charge in [-0.1, -0.05) is 26.0 Å². The molecule has 0 spiro atoms. The molecule has 0 saturated carbocycles. The van der Waals surface area contributed by atoms with E-state index in [-0.39, 0.29) is 41.5 Å². The Hall–Kier alpha value is -3.26. The molecule has 0 aliphatic carbocycles. The molecular weight excluding hydrogens is 394 g/mol. The predicted molar refractivity (Wildman–Crippen MR) is 110 cm³/mol. The molecule has 0 radical (unpaired) electrons. The SMILES string of the molecule is CC(C)[C@@H](CO)n1cc(C(=O)O)c(=O)c2cc(NCc3ccc(F)cc3)c(F)cc21. The minimum absolute atomic E-state index is 0.0168. The maximum absolute atomic E-state index is 14.8. The zero-order valence-electron chi connectivity index (χ0n) is 16.5. The Morgan fingerprint density at radius 2 is 1.83 bits per heavy atom. The lowest BCUT2D eigenvalue weighted by molar-refractivity contribution is 0.0694. The van der Waals surface area contributed by atoms with E-state index in [1.807, 2.05) is 13.8 Å². The van der Waals surface area contributed by atoms with Crippen molar-refractivity contribution in [2.45, 2.75) is 26.4 Å². The summed E-state index contributed by atoms with van der Waals surface area (Å²) in [5.74, 6) is -2.52. The van der Waals surface area contributed by atoms with Gasteiger partial charge in [-0.15, -0.1) is 0 Å². The molecule has 0 unspecified atom stereocenters. The minimum atomic E-state index is -1.40. The third kappa shape index (κ3) is 4.18. The van der Waals surface area contributed by atoms with Crippen molar-refractivity contribution >= 4 is 22.6 Å². The van der Waals surface area contributed by atoms with Crippen molar-refractivity contribution in [3.05, 3.63) is 75.6 Å². The quantitative estimate of drug-likeness (QED) is 0.545. The maximum atomic E-state index is 14.8. The van der Waals surface area contributed by atoms with Crippen LogP contribution in [0.25, 0.3) is 10.9 Å². The van der Waals surface area contributed by atoms with Crippen LogP contribution in [0.2, 0.25) is 0 Å². The third-order valence-electron chi connectivity index (χ3n) is 5.06. The van der Waals surface area contributed by atoms with E-state index >= 15 is 0 Å². The molecule has 1 aromatic heterocycles. The van der Waals surface area contributed by atoms with Crippen molar-refractivity contribution in [1.82, 2.24) is 4.57 Å². The second kappa shape index (κ2) is 8.62. The van der Waals surface area contributed by atoms with Crippen molar-refractivity contribution in [2.75, 3.05) is 11.9 Å². The Morgan fingerprint density at radius 3 is 2.40 bits per heavy atom. The van der Waals surface area contributed by atoms with Gasteiger partial charge < -0.3 is 20.1 Å². The van der Waals surface area contributed by atoms with E-state index in [0.29, 0.717) is 5.56 Å². The standard InChI is InChI=1S/C22H22F2N2O4/c1-12(2)20(11-27)26-10-16(22(29)30)21(28)15-7-18(17(24)8-19(15)26)25-9-13-3-5-14(23)6-4-13/h3-8,10,12,20,25,27H,9,11H2,1-2H3,(H,29,30)/t20-/m1/s1. The number of pyridine rings is 1. The highest BCUT2D eigenvalue weighted by Crippen LogP contribution is 2.27. The van der Waals surface area contributed by atoms with Crippen LogP contribution in [0.4, 0.5) is 14.5 Å². The van der Waals surface area contributed by atoms with Gasteiger partial charge in [0.25, 0.3) is 0 Å². The number of aromatic nitrogens is 1. The van der Waals surface area contributed by atoms with Crippen molar-refractivity contribution < 1.29 is 23.8 Å². The van der Waals surface area contributed by atoms with Gasteiger partial charge >= 0.3 is 5.97 Å². The molecule has 0 bridgehead atoms. The summed E-state index contributed by atoms with van der Waals surface area (Å²) in [6, 6.07) is 7.55. The first kappa shape index (κ1) is 21.4. The molecule has 0 aliphatic rings. The molecule has 1 heterocycles. The summed E-state index contributed by atoms with van der Waals surface area (Å²) < 4.78 is 29.3. The zero-order valence-corrected chi connectivity index (χ0v) is 16.5. The van der Waals surface area contributed by atoms with Crippen molar-refractivity contribution in [3.8, 4) is 0 Å². The topological polar surface area (TPSA) is 91.6 Å². The Morgan fingerprint density at radius 1 is 1.17 bits per heavy atom. The summed E-state index contributed by atoms with van der Waals surface area (Å²) in [4.78, 5) is 24.3. The molecule has 6 nitrogen and oxygen atoms in total. The second-order valence-corrected chi connectivity index (χ2v) is 7.41. The number of carbonyl (C=O) groups is 1. The van der Waals surface area contributed by atoms with E-state index < -0.39 is 28.8 Å². The number of fused-ring (bicyclic) bond motifs is 1. The van der Waals surface area contributed by atoms with Gasteiger partial charge in [-0.05, 0) is 29.7 Å². The molecule has 30 heavy (non-hydrogen) atoms. The first-order chi connectivity index (χ1) is 14.2. The Balaban J connectivity index is 2.13. The number of rotatable bonds is 7. The molecule has 158 valence electrons.